The molecule has 1 N–H and O–H groups in total. The molecule has 0 aliphatic heterocycles. The highest BCUT2D eigenvalue weighted by Crippen LogP contribution is 2.18. The number of hydrogen-bond donors (Lipinski definition) is 1. The fourth-order valence-corrected chi connectivity index (χ4v) is 2.40. The molecule has 104 valence electrons. The lowest BCUT2D eigenvalue weighted by Crippen LogP contribution is -2.19. The molecule has 0 bridgehead atoms. The van der Waals surface area contributed by atoms with Crippen LogP contribution in [0.1, 0.15) is 12.6 Å². The zero-order valence-corrected chi connectivity index (χ0v) is 11.7. The van der Waals surface area contributed by atoms with Crippen molar-refractivity contribution in [2.45, 2.75) is 26.6 Å². The summed E-state index contributed by atoms with van der Waals surface area (Å²) in [5.41, 5.74) is 2.33. The summed E-state index contributed by atoms with van der Waals surface area (Å²) in [5.74, 6) is 0. The number of imidazole rings is 1. The van der Waals surface area contributed by atoms with E-state index in [0.717, 1.165) is 31.9 Å². The average molecular weight is 269 g/mol. The SMILES string of the molecule is CCn1nc(CNCCn2ccnc2)c2ccccc21. The van der Waals surface area contributed by atoms with E-state index in [1.165, 1.54) is 10.9 Å². The molecule has 5 heteroatoms. The summed E-state index contributed by atoms with van der Waals surface area (Å²) >= 11 is 0. The molecular formula is C15H19N5. The minimum Gasteiger partial charge on any atom is -0.336 e. The molecule has 0 aliphatic rings. The third-order valence-corrected chi connectivity index (χ3v) is 3.43. The molecule has 0 aliphatic carbocycles. The second kappa shape index (κ2) is 5.88. The van der Waals surface area contributed by atoms with Crippen molar-refractivity contribution in [2.75, 3.05) is 6.54 Å². The molecule has 3 rings (SSSR count). The van der Waals surface area contributed by atoms with E-state index in [-0.39, 0.29) is 0 Å². The first-order valence-electron chi connectivity index (χ1n) is 6.99. The molecule has 0 saturated carbocycles. The quantitative estimate of drug-likeness (QED) is 0.697. The smallest absolute Gasteiger partial charge is 0.0946 e. The van der Waals surface area contributed by atoms with Gasteiger partial charge < -0.3 is 9.88 Å². The van der Waals surface area contributed by atoms with Gasteiger partial charge in [-0.25, -0.2) is 4.98 Å². The Hall–Kier alpha value is -2.14. The van der Waals surface area contributed by atoms with Crippen LogP contribution in [0.5, 0.6) is 0 Å². The number of nitrogens with one attached hydrogen (secondary N) is 1. The summed E-state index contributed by atoms with van der Waals surface area (Å²) in [7, 11) is 0. The predicted molar refractivity (Wildman–Crippen MR) is 79.3 cm³/mol. The largest absolute Gasteiger partial charge is 0.336 e. The lowest BCUT2D eigenvalue weighted by atomic mass is 10.2. The van der Waals surface area contributed by atoms with Gasteiger partial charge >= 0.3 is 0 Å². The van der Waals surface area contributed by atoms with Crippen molar-refractivity contribution in [3.63, 3.8) is 0 Å². The summed E-state index contributed by atoms with van der Waals surface area (Å²) < 4.78 is 4.12. The first kappa shape index (κ1) is 12.9. The fourth-order valence-electron chi connectivity index (χ4n) is 2.40. The summed E-state index contributed by atoms with van der Waals surface area (Å²) in [5, 5.41) is 9.36. The number of para-hydroxylation sites is 1. The van der Waals surface area contributed by atoms with E-state index in [1.807, 2.05) is 12.5 Å². The van der Waals surface area contributed by atoms with Crippen molar-refractivity contribution in [1.82, 2.24) is 24.6 Å². The average Bonchev–Trinajstić information content (AvgIpc) is 3.11. The molecule has 0 spiro atoms. The Morgan fingerprint density at radius 3 is 2.95 bits per heavy atom. The van der Waals surface area contributed by atoms with Gasteiger partial charge in [-0.15, -0.1) is 0 Å². The van der Waals surface area contributed by atoms with Gasteiger partial charge in [-0.05, 0) is 13.0 Å². The Morgan fingerprint density at radius 2 is 2.15 bits per heavy atom. The monoisotopic (exact) mass is 269 g/mol. The van der Waals surface area contributed by atoms with Crippen molar-refractivity contribution in [3.8, 4) is 0 Å². The van der Waals surface area contributed by atoms with E-state index in [4.69, 9.17) is 0 Å². The molecule has 0 fully saturated rings. The van der Waals surface area contributed by atoms with E-state index in [1.54, 1.807) is 6.20 Å². The molecule has 1 aromatic carbocycles. The van der Waals surface area contributed by atoms with Gasteiger partial charge in [0.1, 0.15) is 0 Å². The number of hydrogen-bond acceptors (Lipinski definition) is 3. The Morgan fingerprint density at radius 1 is 1.25 bits per heavy atom. The minimum absolute atomic E-state index is 0.794. The number of aryl methyl sites for hydroxylation is 1. The van der Waals surface area contributed by atoms with Crippen LogP contribution in [0.15, 0.2) is 43.0 Å². The third kappa shape index (κ3) is 2.58. The van der Waals surface area contributed by atoms with Crippen molar-refractivity contribution < 1.29 is 0 Å². The zero-order chi connectivity index (χ0) is 13.8. The first-order valence-corrected chi connectivity index (χ1v) is 6.99. The fraction of sp³-hybridized carbons (Fsp3) is 0.333. The molecule has 3 aromatic rings. The van der Waals surface area contributed by atoms with E-state index in [2.05, 4.69) is 55.8 Å². The molecule has 0 amide bonds. The van der Waals surface area contributed by atoms with Crippen molar-refractivity contribution >= 4 is 10.9 Å². The second-order valence-corrected chi connectivity index (χ2v) is 4.76. The molecule has 0 radical (unpaired) electrons. The second-order valence-electron chi connectivity index (χ2n) is 4.76. The van der Waals surface area contributed by atoms with Gasteiger partial charge in [0.2, 0.25) is 0 Å². The van der Waals surface area contributed by atoms with Gasteiger partial charge in [0.25, 0.3) is 0 Å². The molecule has 20 heavy (non-hydrogen) atoms. The number of nitrogens with zero attached hydrogens (tertiary/aromatic N) is 4. The van der Waals surface area contributed by atoms with E-state index >= 15 is 0 Å². The molecular weight excluding hydrogens is 250 g/mol. The van der Waals surface area contributed by atoms with Gasteiger partial charge in [0.15, 0.2) is 0 Å². The number of rotatable bonds is 6. The number of fused-ring (bicyclic) bond motifs is 1. The number of aromatic nitrogens is 4. The van der Waals surface area contributed by atoms with Crippen LogP contribution in [0.3, 0.4) is 0 Å². The van der Waals surface area contributed by atoms with Crippen molar-refractivity contribution in [1.29, 1.82) is 0 Å². The molecule has 0 unspecified atom stereocenters. The van der Waals surface area contributed by atoms with Crippen LogP contribution >= 0.6 is 0 Å². The highest BCUT2D eigenvalue weighted by atomic mass is 15.3. The molecule has 5 nitrogen and oxygen atoms in total. The maximum atomic E-state index is 4.68. The van der Waals surface area contributed by atoms with Crippen LogP contribution in [-0.4, -0.2) is 25.9 Å². The Labute approximate surface area is 118 Å². The standard InChI is InChI=1S/C15H19N5/c1-2-20-15-6-4-3-5-13(15)14(18-20)11-16-7-9-19-10-8-17-12-19/h3-6,8,10,12,16H,2,7,9,11H2,1H3. The van der Waals surface area contributed by atoms with Crippen LogP contribution < -0.4 is 5.32 Å². The molecule has 2 aromatic heterocycles. The van der Waals surface area contributed by atoms with Crippen LogP contribution in [0.2, 0.25) is 0 Å². The topological polar surface area (TPSA) is 47.7 Å². The Balaban J connectivity index is 1.65. The summed E-state index contributed by atoms with van der Waals surface area (Å²) in [4.78, 5) is 4.03. The predicted octanol–water partition coefficient (Wildman–Crippen LogP) is 2.04. The van der Waals surface area contributed by atoms with Crippen LogP contribution in [-0.2, 0) is 19.6 Å². The Bertz CT molecular complexity index is 669. The summed E-state index contributed by atoms with van der Waals surface area (Å²) in [6, 6.07) is 8.40. The van der Waals surface area contributed by atoms with Gasteiger partial charge in [0, 0.05) is 44.0 Å². The van der Waals surface area contributed by atoms with Crippen LogP contribution in [0, 0.1) is 0 Å². The van der Waals surface area contributed by atoms with Gasteiger partial charge in [-0.2, -0.15) is 5.10 Å². The lowest BCUT2D eigenvalue weighted by Gasteiger charge is -2.03. The minimum atomic E-state index is 0.794. The highest BCUT2D eigenvalue weighted by Gasteiger charge is 2.08. The maximum absolute atomic E-state index is 4.68. The van der Waals surface area contributed by atoms with Crippen molar-refractivity contribution in [2.24, 2.45) is 0 Å². The summed E-state index contributed by atoms with van der Waals surface area (Å²) in [6.45, 7) is 5.64. The van der Waals surface area contributed by atoms with Crippen molar-refractivity contribution in [3.05, 3.63) is 48.7 Å². The first-order chi connectivity index (χ1) is 9.88. The number of benzene rings is 1. The Kier molecular flexibility index (Phi) is 3.78. The third-order valence-electron chi connectivity index (χ3n) is 3.43. The normalized spacial score (nSPS) is 11.2. The molecule has 2 heterocycles. The summed E-state index contributed by atoms with van der Waals surface area (Å²) in [6.07, 6.45) is 5.61. The lowest BCUT2D eigenvalue weighted by molar-refractivity contribution is 0.582. The van der Waals surface area contributed by atoms with Crippen LogP contribution in [0.4, 0.5) is 0 Å². The van der Waals surface area contributed by atoms with Crippen LogP contribution in [0.25, 0.3) is 10.9 Å². The zero-order valence-electron chi connectivity index (χ0n) is 11.7. The highest BCUT2D eigenvalue weighted by molar-refractivity contribution is 5.81. The van der Waals surface area contributed by atoms with E-state index in [0.29, 0.717) is 0 Å². The van der Waals surface area contributed by atoms with E-state index in [9.17, 15) is 0 Å². The maximum Gasteiger partial charge on any atom is 0.0946 e. The molecule has 0 saturated heterocycles. The van der Waals surface area contributed by atoms with Gasteiger partial charge in [0.05, 0.1) is 17.5 Å². The van der Waals surface area contributed by atoms with Gasteiger partial charge in [-0.1, -0.05) is 18.2 Å². The van der Waals surface area contributed by atoms with Gasteiger partial charge in [-0.3, -0.25) is 4.68 Å². The van der Waals surface area contributed by atoms with E-state index < -0.39 is 0 Å². The molecule has 0 atom stereocenters.